The van der Waals surface area contributed by atoms with Gasteiger partial charge in [0.05, 0.1) is 0 Å². The third-order valence-electron chi connectivity index (χ3n) is 2.15. The van der Waals surface area contributed by atoms with Gasteiger partial charge in [-0.15, -0.1) is 9.42 Å². The number of hydrogen-bond acceptors (Lipinski definition) is 2. The molecule has 0 amide bonds. The summed E-state index contributed by atoms with van der Waals surface area (Å²) in [5.41, 5.74) is 1.09. The average molecular weight is 225 g/mol. The molecule has 0 bridgehead atoms. The molecule has 0 saturated carbocycles. The molecular weight excluding hydrogens is 211 g/mol. The molecule has 0 aliphatic rings. The normalized spacial score (nSPS) is 12.3. The number of rotatable bonds is 4. The average Bonchev–Trinajstić information content (AvgIpc) is 2.16. The Bertz CT molecular complexity index is 368. The second kappa shape index (κ2) is 4.67. The van der Waals surface area contributed by atoms with E-state index in [4.69, 9.17) is 9.42 Å². The molecule has 15 heavy (non-hydrogen) atoms. The van der Waals surface area contributed by atoms with Crippen molar-refractivity contribution in [2.45, 2.75) is 19.4 Å². The largest absolute Gasteiger partial charge is 0.695 e. The Morgan fingerprint density at radius 2 is 1.93 bits per heavy atom. The Hall–Kier alpha value is -1.02. The topological polar surface area (TPSA) is 46.5 Å². The highest BCUT2D eigenvalue weighted by atomic mass is 31.1. The SMILES string of the molecule is C=Cc1ccc(C(C)(C)O[P+](=O)O)cc1. The third-order valence-corrected chi connectivity index (χ3v) is 2.76. The molecule has 80 valence electrons. The first-order chi connectivity index (χ1) is 6.95. The summed E-state index contributed by atoms with van der Waals surface area (Å²) in [7, 11) is -2.59. The predicted molar refractivity (Wildman–Crippen MR) is 60.5 cm³/mol. The van der Waals surface area contributed by atoms with Crippen LogP contribution in [0.15, 0.2) is 30.8 Å². The van der Waals surface area contributed by atoms with Crippen LogP contribution in [0.3, 0.4) is 0 Å². The van der Waals surface area contributed by atoms with Crippen molar-refractivity contribution >= 4 is 14.3 Å². The van der Waals surface area contributed by atoms with Crippen LogP contribution in [0.25, 0.3) is 6.08 Å². The highest BCUT2D eigenvalue weighted by Gasteiger charge is 2.32. The third kappa shape index (κ3) is 3.24. The van der Waals surface area contributed by atoms with E-state index in [0.29, 0.717) is 0 Å². The second-order valence-corrected chi connectivity index (χ2v) is 4.32. The Balaban J connectivity index is 2.94. The molecule has 0 saturated heterocycles. The molecule has 0 aliphatic carbocycles. The summed E-state index contributed by atoms with van der Waals surface area (Å²) in [6, 6.07) is 7.49. The van der Waals surface area contributed by atoms with Gasteiger partial charge < -0.3 is 0 Å². The first-order valence-corrected chi connectivity index (χ1v) is 5.67. The minimum absolute atomic E-state index is 0.762. The Morgan fingerprint density at radius 1 is 1.40 bits per heavy atom. The Morgan fingerprint density at radius 3 is 2.33 bits per heavy atom. The highest BCUT2D eigenvalue weighted by molar-refractivity contribution is 7.32. The van der Waals surface area contributed by atoms with E-state index in [2.05, 4.69) is 6.58 Å². The van der Waals surface area contributed by atoms with Crippen molar-refractivity contribution in [1.29, 1.82) is 0 Å². The summed E-state index contributed by atoms with van der Waals surface area (Å²) in [6.07, 6.45) is 1.74. The van der Waals surface area contributed by atoms with Gasteiger partial charge in [-0.25, -0.2) is 0 Å². The van der Waals surface area contributed by atoms with E-state index in [1.807, 2.05) is 24.3 Å². The molecule has 1 rings (SSSR count). The molecule has 1 unspecified atom stereocenters. The van der Waals surface area contributed by atoms with Crippen LogP contribution in [0.4, 0.5) is 0 Å². The van der Waals surface area contributed by atoms with Gasteiger partial charge in [-0.2, -0.15) is 0 Å². The van der Waals surface area contributed by atoms with Crippen molar-refractivity contribution in [2.24, 2.45) is 0 Å². The van der Waals surface area contributed by atoms with Gasteiger partial charge in [-0.05, 0) is 25.0 Å². The molecule has 0 aromatic heterocycles. The monoisotopic (exact) mass is 225 g/mol. The van der Waals surface area contributed by atoms with Crippen molar-refractivity contribution in [2.75, 3.05) is 0 Å². The summed E-state index contributed by atoms with van der Waals surface area (Å²) in [5, 5.41) is 0. The van der Waals surface area contributed by atoms with Crippen LogP contribution in [-0.4, -0.2) is 4.89 Å². The molecule has 1 N–H and O–H groups in total. The van der Waals surface area contributed by atoms with E-state index >= 15 is 0 Å². The van der Waals surface area contributed by atoms with Crippen LogP contribution < -0.4 is 0 Å². The summed E-state index contributed by atoms with van der Waals surface area (Å²) in [4.78, 5) is 8.72. The summed E-state index contributed by atoms with van der Waals surface area (Å²) >= 11 is 0. The maximum Gasteiger partial charge on any atom is 0.695 e. The zero-order chi connectivity index (χ0) is 11.5. The quantitative estimate of drug-likeness (QED) is 0.800. The molecule has 0 fully saturated rings. The van der Waals surface area contributed by atoms with Crippen LogP contribution in [0.5, 0.6) is 0 Å². The van der Waals surface area contributed by atoms with Crippen molar-refractivity contribution in [3.8, 4) is 0 Å². The molecule has 1 aromatic rings. The van der Waals surface area contributed by atoms with Crippen LogP contribution in [0.2, 0.25) is 0 Å². The Labute approximate surface area is 90.4 Å². The standard InChI is InChI=1S/C11H13O3P/c1-4-9-5-7-10(8-6-9)11(2,3)14-15(12)13/h4-8H,1H2,2-3H3/p+1. The zero-order valence-electron chi connectivity index (χ0n) is 8.80. The van der Waals surface area contributed by atoms with E-state index in [9.17, 15) is 4.57 Å². The number of benzene rings is 1. The van der Waals surface area contributed by atoms with Crippen LogP contribution >= 0.6 is 8.25 Å². The van der Waals surface area contributed by atoms with E-state index in [1.54, 1.807) is 19.9 Å². The maximum absolute atomic E-state index is 10.6. The van der Waals surface area contributed by atoms with Gasteiger partial charge in [-0.3, -0.25) is 0 Å². The lowest BCUT2D eigenvalue weighted by molar-refractivity contribution is 0.102. The van der Waals surface area contributed by atoms with Gasteiger partial charge in [-0.1, -0.05) is 36.9 Å². The van der Waals surface area contributed by atoms with Gasteiger partial charge >= 0.3 is 8.25 Å². The number of hydrogen-bond donors (Lipinski definition) is 1. The van der Waals surface area contributed by atoms with Crippen molar-refractivity contribution in [3.05, 3.63) is 42.0 Å². The summed E-state index contributed by atoms with van der Waals surface area (Å²) in [6.45, 7) is 7.15. The fraction of sp³-hybridized carbons (Fsp3) is 0.273. The summed E-state index contributed by atoms with van der Waals surface area (Å²) in [5.74, 6) is 0. The fourth-order valence-corrected chi connectivity index (χ4v) is 1.76. The zero-order valence-corrected chi connectivity index (χ0v) is 9.70. The van der Waals surface area contributed by atoms with E-state index < -0.39 is 13.9 Å². The van der Waals surface area contributed by atoms with E-state index in [-0.39, 0.29) is 0 Å². The van der Waals surface area contributed by atoms with Gasteiger partial charge in [0.25, 0.3) is 0 Å². The molecule has 0 spiro atoms. The lowest BCUT2D eigenvalue weighted by Gasteiger charge is -2.17. The smallest absolute Gasteiger partial charge is 0.133 e. The van der Waals surface area contributed by atoms with Crippen molar-refractivity contribution < 1.29 is 14.0 Å². The maximum atomic E-state index is 10.6. The second-order valence-electron chi connectivity index (χ2n) is 3.67. The molecule has 3 nitrogen and oxygen atoms in total. The highest BCUT2D eigenvalue weighted by Crippen LogP contribution is 2.34. The molecule has 0 aliphatic heterocycles. The lowest BCUT2D eigenvalue weighted by Crippen LogP contribution is -2.17. The molecule has 1 atom stereocenters. The lowest BCUT2D eigenvalue weighted by atomic mass is 9.97. The van der Waals surface area contributed by atoms with Crippen LogP contribution in [0.1, 0.15) is 25.0 Å². The minimum atomic E-state index is -2.59. The van der Waals surface area contributed by atoms with Crippen LogP contribution in [0, 0.1) is 0 Å². The first kappa shape index (κ1) is 12.1. The molecule has 4 heteroatoms. The predicted octanol–water partition coefficient (Wildman–Crippen LogP) is 3.23. The van der Waals surface area contributed by atoms with Gasteiger partial charge in [0.2, 0.25) is 0 Å². The van der Waals surface area contributed by atoms with Crippen molar-refractivity contribution in [3.63, 3.8) is 0 Å². The minimum Gasteiger partial charge on any atom is -0.133 e. The molecule has 0 radical (unpaired) electrons. The fourth-order valence-electron chi connectivity index (χ4n) is 1.27. The van der Waals surface area contributed by atoms with Gasteiger partial charge in [0.15, 0.2) is 0 Å². The van der Waals surface area contributed by atoms with E-state index in [1.165, 1.54) is 0 Å². The molecular formula is C11H14O3P+. The molecule has 0 heterocycles. The van der Waals surface area contributed by atoms with Gasteiger partial charge in [0, 0.05) is 4.57 Å². The first-order valence-electron chi connectivity index (χ1n) is 4.54. The van der Waals surface area contributed by atoms with Gasteiger partial charge in [0.1, 0.15) is 5.60 Å². The Kier molecular flexibility index (Phi) is 3.75. The summed E-state index contributed by atoms with van der Waals surface area (Å²) < 4.78 is 15.6. The van der Waals surface area contributed by atoms with Crippen LogP contribution in [-0.2, 0) is 14.7 Å². The van der Waals surface area contributed by atoms with E-state index in [0.717, 1.165) is 11.1 Å². The van der Waals surface area contributed by atoms with Crippen molar-refractivity contribution in [1.82, 2.24) is 0 Å². The molecule has 1 aromatic carbocycles.